The minimum absolute atomic E-state index is 0.309. The Kier molecular flexibility index (Phi) is 4.74. The van der Waals surface area contributed by atoms with Gasteiger partial charge in [-0.25, -0.2) is 0 Å². The molecule has 0 bridgehead atoms. The minimum Gasteiger partial charge on any atom is -0.325 e. The summed E-state index contributed by atoms with van der Waals surface area (Å²) in [6.45, 7) is 1.68. The molecule has 0 aliphatic rings. The molecule has 1 amide bonds. The first kappa shape index (κ1) is 16.3. The molecule has 0 saturated carbocycles. The first-order chi connectivity index (χ1) is 10.3. The van der Waals surface area contributed by atoms with Crippen molar-refractivity contribution in [2.24, 2.45) is 7.05 Å². The number of aromatic nitrogens is 3. The lowest BCUT2D eigenvalue weighted by Crippen LogP contribution is -2.22. The fraction of sp³-hybridized carbons (Fsp3) is 0.308. The number of carbonyl (C=O) groups excluding carboxylic acids is 1. The third kappa shape index (κ3) is 4.00. The van der Waals surface area contributed by atoms with Crippen LogP contribution in [0.5, 0.6) is 0 Å². The van der Waals surface area contributed by atoms with E-state index in [0.29, 0.717) is 10.8 Å². The maximum Gasteiger partial charge on any atom is 0.416 e. The van der Waals surface area contributed by atoms with E-state index in [4.69, 9.17) is 0 Å². The first-order valence-electron chi connectivity index (χ1n) is 6.26. The molecule has 0 aliphatic carbocycles. The van der Waals surface area contributed by atoms with Crippen molar-refractivity contribution in [1.82, 2.24) is 14.8 Å². The SMILES string of the molecule is CC(Sc1nncn1C)C(=O)Nc1ccc(C(F)(F)F)cc1. The van der Waals surface area contributed by atoms with Crippen molar-refractivity contribution in [3.63, 3.8) is 0 Å². The van der Waals surface area contributed by atoms with Crippen molar-refractivity contribution < 1.29 is 18.0 Å². The number of carbonyl (C=O) groups is 1. The summed E-state index contributed by atoms with van der Waals surface area (Å²) in [5.74, 6) is -0.326. The van der Waals surface area contributed by atoms with Gasteiger partial charge in [-0.05, 0) is 31.2 Å². The fourth-order valence-electron chi connectivity index (χ4n) is 1.58. The molecule has 1 aromatic heterocycles. The van der Waals surface area contributed by atoms with Gasteiger partial charge in [0.2, 0.25) is 5.91 Å². The largest absolute Gasteiger partial charge is 0.416 e. The zero-order valence-corrected chi connectivity index (χ0v) is 12.6. The number of hydrogen-bond acceptors (Lipinski definition) is 4. The Morgan fingerprint density at radius 3 is 2.45 bits per heavy atom. The van der Waals surface area contributed by atoms with Crippen molar-refractivity contribution in [3.8, 4) is 0 Å². The summed E-state index contributed by atoms with van der Waals surface area (Å²) >= 11 is 1.21. The van der Waals surface area contributed by atoms with E-state index in [0.717, 1.165) is 12.1 Å². The molecule has 22 heavy (non-hydrogen) atoms. The molecule has 118 valence electrons. The molecule has 1 unspecified atom stereocenters. The van der Waals surface area contributed by atoms with Gasteiger partial charge in [0.25, 0.3) is 0 Å². The Balaban J connectivity index is 1.98. The molecule has 2 aromatic rings. The zero-order chi connectivity index (χ0) is 16.3. The Hall–Kier alpha value is -2.03. The number of amides is 1. The number of aryl methyl sites for hydroxylation is 1. The zero-order valence-electron chi connectivity index (χ0n) is 11.8. The average Bonchev–Trinajstić information content (AvgIpc) is 2.84. The first-order valence-corrected chi connectivity index (χ1v) is 7.14. The number of thioether (sulfide) groups is 1. The minimum atomic E-state index is -4.39. The van der Waals surface area contributed by atoms with Gasteiger partial charge < -0.3 is 9.88 Å². The summed E-state index contributed by atoms with van der Waals surface area (Å²) < 4.78 is 39.0. The van der Waals surface area contributed by atoms with Crippen LogP contribution in [0, 0.1) is 0 Å². The standard InChI is InChI=1S/C13H13F3N4OS/c1-8(22-12-19-17-7-20(12)2)11(21)18-10-5-3-9(4-6-10)13(14,15)16/h3-8H,1-2H3,(H,18,21). The summed E-state index contributed by atoms with van der Waals surface area (Å²) in [5.41, 5.74) is -0.449. The Morgan fingerprint density at radius 2 is 1.95 bits per heavy atom. The van der Waals surface area contributed by atoms with Crippen molar-refractivity contribution >= 4 is 23.4 Å². The van der Waals surface area contributed by atoms with Crippen LogP contribution in [0.15, 0.2) is 35.7 Å². The molecule has 2 rings (SSSR count). The number of halogens is 3. The maximum absolute atomic E-state index is 12.5. The smallest absolute Gasteiger partial charge is 0.325 e. The van der Waals surface area contributed by atoms with Crippen LogP contribution < -0.4 is 5.32 Å². The van der Waals surface area contributed by atoms with Crippen molar-refractivity contribution in [2.45, 2.75) is 23.5 Å². The average molecular weight is 330 g/mol. The molecule has 5 nitrogen and oxygen atoms in total. The van der Waals surface area contributed by atoms with Crippen LogP contribution in [0.4, 0.5) is 18.9 Å². The van der Waals surface area contributed by atoms with E-state index in [1.54, 1.807) is 18.5 Å². The number of nitrogens with one attached hydrogen (secondary N) is 1. The molecule has 1 aromatic carbocycles. The van der Waals surface area contributed by atoms with Crippen molar-refractivity contribution in [1.29, 1.82) is 0 Å². The van der Waals surface area contributed by atoms with Gasteiger partial charge in [-0.1, -0.05) is 11.8 Å². The molecular weight excluding hydrogens is 317 g/mol. The Morgan fingerprint density at radius 1 is 1.32 bits per heavy atom. The van der Waals surface area contributed by atoms with E-state index >= 15 is 0 Å². The molecule has 0 spiro atoms. The predicted molar refractivity (Wildman–Crippen MR) is 76.4 cm³/mol. The third-order valence-corrected chi connectivity index (χ3v) is 3.95. The summed E-state index contributed by atoms with van der Waals surface area (Å²) in [6.07, 6.45) is -2.88. The van der Waals surface area contributed by atoms with E-state index in [9.17, 15) is 18.0 Å². The van der Waals surface area contributed by atoms with Crippen LogP contribution in [0.2, 0.25) is 0 Å². The summed E-state index contributed by atoms with van der Waals surface area (Å²) in [4.78, 5) is 12.0. The topological polar surface area (TPSA) is 59.8 Å². The second-order valence-electron chi connectivity index (χ2n) is 4.55. The van der Waals surface area contributed by atoms with Crippen LogP contribution >= 0.6 is 11.8 Å². The molecule has 0 fully saturated rings. The highest BCUT2D eigenvalue weighted by molar-refractivity contribution is 8.00. The lowest BCUT2D eigenvalue weighted by atomic mass is 10.2. The van der Waals surface area contributed by atoms with Crippen LogP contribution in [-0.4, -0.2) is 25.9 Å². The number of alkyl halides is 3. The predicted octanol–water partition coefficient (Wildman–Crippen LogP) is 2.95. The number of anilines is 1. The fourth-order valence-corrected chi connectivity index (χ4v) is 2.37. The number of hydrogen-bond donors (Lipinski definition) is 1. The van der Waals surface area contributed by atoms with Crippen molar-refractivity contribution in [2.75, 3.05) is 5.32 Å². The van der Waals surface area contributed by atoms with Crippen LogP contribution in [0.3, 0.4) is 0 Å². The summed E-state index contributed by atoms with van der Waals surface area (Å²) in [6, 6.07) is 4.30. The molecular formula is C13H13F3N4OS. The van der Waals surface area contributed by atoms with Crippen LogP contribution in [-0.2, 0) is 18.0 Å². The summed E-state index contributed by atoms with van der Waals surface area (Å²) in [7, 11) is 1.75. The number of rotatable bonds is 4. The molecule has 1 heterocycles. The van der Waals surface area contributed by atoms with Gasteiger partial charge in [-0.2, -0.15) is 13.2 Å². The molecule has 9 heteroatoms. The molecule has 0 aliphatic heterocycles. The highest BCUT2D eigenvalue weighted by Crippen LogP contribution is 2.30. The Labute approximate surface area is 128 Å². The van der Waals surface area contributed by atoms with E-state index < -0.39 is 17.0 Å². The van der Waals surface area contributed by atoms with Gasteiger partial charge in [0.1, 0.15) is 6.33 Å². The molecule has 0 saturated heterocycles. The highest BCUT2D eigenvalue weighted by atomic mass is 32.2. The van der Waals surface area contributed by atoms with Gasteiger partial charge >= 0.3 is 6.18 Å². The van der Waals surface area contributed by atoms with E-state index in [2.05, 4.69) is 15.5 Å². The molecule has 1 atom stereocenters. The van der Waals surface area contributed by atoms with E-state index in [1.165, 1.54) is 30.2 Å². The molecule has 1 N–H and O–H groups in total. The van der Waals surface area contributed by atoms with Gasteiger partial charge in [-0.3, -0.25) is 4.79 Å². The van der Waals surface area contributed by atoms with Gasteiger partial charge in [0.05, 0.1) is 10.8 Å². The van der Waals surface area contributed by atoms with Crippen LogP contribution in [0.25, 0.3) is 0 Å². The lowest BCUT2D eigenvalue weighted by Gasteiger charge is -2.12. The van der Waals surface area contributed by atoms with Crippen LogP contribution in [0.1, 0.15) is 12.5 Å². The van der Waals surface area contributed by atoms with Gasteiger partial charge in [0.15, 0.2) is 5.16 Å². The Bertz CT molecular complexity index is 654. The highest BCUT2D eigenvalue weighted by Gasteiger charge is 2.30. The van der Waals surface area contributed by atoms with Gasteiger partial charge in [0, 0.05) is 12.7 Å². The maximum atomic E-state index is 12.5. The molecule has 0 radical (unpaired) electrons. The summed E-state index contributed by atoms with van der Waals surface area (Å²) in [5, 5.41) is 10.2. The monoisotopic (exact) mass is 330 g/mol. The normalized spacial score (nSPS) is 13.0. The van der Waals surface area contributed by atoms with Crippen molar-refractivity contribution in [3.05, 3.63) is 36.2 Å². The third-order valence-electron chi connectivity index (χ3n) is 2.80. The second-order valence-corrected chi connectivity index (χ2v) is 5.86. The van der Waals surface area contributed by atoms with Gasteiger partial charge in [-0.15, -0.1) is 10.2 Å². The number of nitrogens with zero attached hydrogens (tertiary/aromatic N) is 3. The second kappa shape index (κ2) is 6.39. The quantitative estimate of drug-likeness (QED) is 0.876. The lowest BCUT2D eigenvalue weighted by molar-refractivity contribution is -0.137. The van der Waals surface area contributed by atoms with E-state index in [1.807, 2.05) is 0 Å². The number of benzene rings is 1. The van der Waals surface area contributed by atoms with E-state index in [-0.39, 0.29) is 5.91 Å².